The number of nitrogens with one attached hydrogen (secondary N) is 1. The summed E-state index contributed by atoms with van der Waals surface area (Å²) in [6.07, 6.45) is 2.03. The molecule has 0 radical (unpaired) electrons. The third-order valence-corrected chi connectivity index (χ3v) is 4.77. The molecule has 2 fully saturated rings. The van der Waals surface area contributed by atoms with Crippen LogP contribution in [0.5, 0.6) is 0 Å². The Bertz CT molecular complexity index is 389. The van der Waals surface area contributed by atoms with Crippen molar-refractivity contribution in [3.05, 3.63) is 0 Å². The predicted molar refractivity (Wildman–Crippen MR) is 82.6 cm³/mol. The van der Waals surface area contributed by atoms with Gasteiger partial charge in [-0.3, -0.25) is 4.90 Å². The molecule has 2 rings (SSSR count). The smallest absolute Gasteiger partial charge is 0.404 e. The maximum Gasteiger partial charge on any atom is 0.404 e. The van der Waals surface area contributed by atoms with Gasteiger partial charge in [0.1, 0.15) is 0 Å². The summed E-state index contributed by atoms with van der Waals surface area (Å²) in [5, 5.41) is 11.8. The summed E-state index contributed by atoms with van der Waals surface area (Å²) in [5.74, 6) is 0. The van der Waals surface area contributed by atoms with E-state index in [9.17, 15) is 4.79 Å². The molecule has 0 aromatic heterocycles. The molecule has 0 saturated carbocycles. The van der Waals surface area contributed by atoms with Gasteiger partial charge in [0.05, 0.1) is 5.60 Å². The first kappa shape index (κ1) is 16.6. The fraction of sp³-hybridized carbons (Fsp3) is 0.938. The van der Waals surface area contributed by atoms with Gasteiger partial charge in [-0.15, -0.1) is 0 Å². The third-order valence-electron chi connectivity index (χ3n) is 4.77. The minimum atomic E-state index is -0.914. The van der Waals surface area contributed by atoms with Crippen LogP contribution in [0, 0.1) is 5.41 Å². The molecule has 2 N–H and O–H groups in total. The van der Waals surface area contributed by atoms with Crippen molar-refractivity contribution in [3.63, 3.8) is 0 Å². The molecule has 2 unspecified atom stereocenters. The largest absolute Gasteiger partial charge is 0.465 e. The Hall–Kier alpha value is -0.810. The van der Waals surface area contributed by atoms with Crippen LogP contribution in [0.1, 0.15) is 53.9 Å². The highest BCUT2D eigenvalue weighted by molar-refractivity contribution is 5.65. The molecule has 2 aliphatic rings. The van der Waals surface area contributed by atoms with E-state index in [2.05, 4.69) is 44.8 Å². The molecular weight excluding hydrogens is 268 g/mol. The highest BCUT2D eigenvalue weighted by Gasteiger charge is 2.46. The number of rotatable bonds is 2. The first-order valence-electron chi connectivity index (χ1n) is 7.99. The maximum absolute atomic E-state index is 11.1. The Morgan fingerprint density at radius 2 is 2.00 bits per heavy atom. The van der Waals surface area contributed by atoms with E-state index in [1.807, 2.05) is 0 Å². The van der Waals surface area contributed by atoms with Crippen molar-refractivity contribution in [1.29, 1.82) is 0 Å². The number of likely N-dealkylation sites (tertiary alicyclic amines) is 1. The van der Waals surface area contributed by atoms with E-state index < -0.39 is 6.09 Å². The van der Waals surface area contributed by atoms with Crippen molar-refractivity contribution in [2.45, 2.75) is 77.6 Å². The average molecular weight is 298 g/mol. The molecule has 5 heteroatoms. The van der Waals surface area contributed by atoms with Crippen molar-refractivity contribution >= 4 is 6.09 Å². The standard InChI is InChI=1S/C16H30N2O3/c1-15(2,3)13-12(17-14(19)20)6-8-18(13)11-7-9-21-16(4,5)10-11/h11-13,17H,6-10H2,1-5H3,(H,19,20)/t11?,12-,13?/m0/s1. The normalized spacial score (nSPS) is 33.9. The van der Waals surface area contributed by atoms with Gasteiger partial charge in [0, 0.05) is 31.3 Å². The first-order valence-corrected chi connectivity index (χ1v) is 7.99. The van der Waals surface area contributed by atoms with Gasteiger partial charge in [0.25, 0.3) is 0 Å². The van der Waals surface area contributed by atoms with E-state index in [1.165, 1.54) is 0 Å². The Morgan fingerprint density at radius 1 is 1.33 bits per heavy atom. The Balaban J connectivity index is 2.16. The lowest BCUT2D eigenvalue weighted by Gasteiger charge is -2.46. The lowest BCUT2D eigenvalue weighted by Crippen LogP contribution is -2.56. The number of nitrogens with zero attached hydrogens (tertiary/aromatic N) is 1. The van der Waals surface area contributed by atoms with Crippen LogP contribution < -0.4 is 5.32 Å². The molecule has 2 heterocycles. The van der Waals surface area contributed by atoms with Crippen molar-refractivity contribution in [2.75, 3.05) is 13.2 Å². The van der Waals surface area contributed by atoms with Gasteiger partial charge in [-0.25, -0.2) is 4.79 Å². The third kappa shape index (κ3) is 3.89. The summed E-state index contributed by atoms with van der Waals surface area (Å²) in [7, 11) is 0. The lowest BCUT2D eigenvalue weighted by atomic mass is 9.81. The monoisotopic (exact) mass is 298 g/mol. The molecule has 2 aliphatic heterocycles. The second kappa shape index (κ2) is 5.76. The van der Waals surface area contributed by atoms with E-state index >= 15 is 0 Å². The number of carboxylic acid groups (broad SMARTS) is 1. The van der Waals surface area contributed by atoms with Crippen LogP contribution in [0.4, 0.5) is 4.79 Å². The molecule has 1 amide bonds. The predicted octanol–water partition coefficient (Wildman–Crippen LogP) is 2.70. The van der Waals surface area contributed by atoms with E-state index in [-0.39, 0.29) is 23.1 Å². The summed E-state index contributed by atoms with van der Waals surface area (Å²) < 4.78 is 5.83. The summed E-state index contributed by atoms with van der Waals surface area (Å²) in [4.78, 5) is 13.6. The van der Waals surface area contributed by atoms with Crippen LogP contribution in [0.15, 0.2) is 0 Å². The van der Waals surface area contributed by atoms with Gasteiger partial charge in [0.15, 0.2) is 0 Å². The zero-order chi connectivity index (χ0) is 15.8. The molecule has 0 bridgehead atoms. The van der Waals surface area contributed by atoms with Crippen LogP contribution in [-0.2, 0) is 4.74 Å². The summed E-state index contributed by atoms with van der Waals surface area (Å²) in [6.45, 7) is 12.7. The van der Waals surface area contributed by atoms with Crippen LogP contribution >= 0.6 is 0 Å². The summed E-state index contributed by atoms with van der Waals surface area (Å²) >= 11 is 0. The zero-order valence-corrected chi connectivity index (χ0v) is 14.0. The Morgan fingerprint density at radius 3 is 2.52 bits per heavy atom. The van der Waals surface area contributed by atoms with Crippen molar-refractivity contribution in [1.82, 2.24) is 10.2 Å². The van der Waals surface area contributed by atoms with Crippen molar-refractivity contribution in [3.8, 4) is 0 Å². The molecule has 0 aromatic rings. The molecule has 21 heavy (non-hydrogen) atoms. The molecule has 5 nitrogen and oxygen atoms in total. The fourth-order valence-electron chi connectivity index (χ4n) is 4.12. The average Bonchev–Trinajstić information content (AvgIpc) is 2.70. The molecule has 0 aliphatic carbocycles. The summed E-state index contributed by atoms with van der Waals surface area (Å²) in [5.41, 5.74) is -0.0320. The van der Waals surface area contributed by atoms with Crippen LogP contribution in [-0.4, -0.2) is 53.0 Å². The highest BCUT2D eigenvalue weighted by Crippen LogP contribution is 2.38. The lowest BCUT2D eigenvalue weighted by molar-refractivity contribution is -0.0913. The van der Waals surface area contributed by atoms with E-state index in [0.29, 0.717) is 6.04 Å². The van der Waals surface area contributed by atoms with Crippen molar-refractivity contribution < 1.29 is 14.6 Å². The second-order valence-corrected chi connectivity index (χ2v) is 8.15. The first-order chi connectivity index (χ1) is 9.60. The Labute approximate surface area is 128 Å². The molecule has 0 spiro atoms. The van der Waals surface area contributed by atoms with Gasteiger partial charge in [0.2, 0.25) is 0 Å². The summed E-state index contributed by atoms with van der Waals surface area (Å²) in [6, 6.07) is 0.750. The number of amides is 1. The fourth-order valence-corrected chi connectivity index (χ4v) is 4.12. The topological polar surface area (TPSA) is 61.8 Å². The van der Waals surface area contributed by atoms with Gasteiger partial charge < -0.3 is 15.2 Å². The number of hydrogen-bond donors (Lipinski definition) is 2. The van der Waals surface area contributed by atoms with Gasteiger partial charge in [-0.1, -0.05) is 20.8 Å². The number of ether oxygens (including phenoxy) is 1. The quantitative estimate of drug-likeness (QED) is 0.823. The zero-order valence-electron chi connectivity index (χ0n) is 14.0. The van der Waals surface area contributed by atoms with Crippen LogP contribution in [0.25, 0.3) is 0 Å². The molecule has 0 aromatic carbocycles. The number of carbonyl (C=O) groups is 1. The van der Waals surface area contributed by atoms with Crippen molar-refractivity contribution in [2.24, 2.45) is 5.41 Å². The molecule has 3 atom stereocenters. The SMILES string of the molecule is CC1(C)CC(N2CC[C@H](NC(=O)O)C2C(C)(C)C)CCO1. The van der Waals surface area contributed by atoms with Gasteiger partial charge in [-0.05, 0) is 38.5 Å². The molecule has 2 saturated heterocycles. The van der Waals surface area contributed by atoms with Gasteiger partial charge >= 0.3 is 6.09 Å². The van der Waals surface area contributed by atoms with E-state index in [1.54, 1.807) is 0 Å². The van der Waals surface area contributed by atoms with Crippen LogP contribution in [0.3, 0.4) is 0 Å². The van der Waals surface area contributed by atoms with Crippen LogP contribution in [0.2, 0.25) is 0 Å². The number of hydrogen-bond acceptors (Lipinski definition) is 3. The van der Waals surface area contributed by atoms with Gasteiger partial charge in [-0.2, -0.15) is 0 Å². The highest BCUT2D eigenvalue weighted by atomic mass is 16.5. The van der Waals surface area contributed by atoms with E-state index in [0.717, 1.165) is 32.4 Å². The Kier molecular flexibility index (Phi) is 4.54. The molecule has 122 valence electrons. The van der Waals surface area contributed by atoms with E-state index in [4.69, 9.17) is 9.84 Å². The minimum absolute atomic E-state index is 0.0217. The molecular formula is C16H30N2O3. The minimum Gasteiger partial charge on any atom is -0.465 e. The second-order valence-electron chi connectivity index (χ2n) is 8.15. The maximum atomic E-state index is 11.1.